The molecule has 0 aliphatic carbocycles. The predicted molar refractivity (Wildman–Crippen MR) is 126 cm³/mol. The Kier molecular flexibility index (Phi) is 7.11. The van der Waals surface area contributed by atoms with E-state index in [1.165, 1.54) is 6.92 Å². The van der Waals surface area contributed by atoms with Crippen LogP contribution < -0.4 is 9.47 Å². The molecule has 0 bridgehead atoms. The van der Waals surface area contributed by atoms with Crippen LogP contribution in [-0.4, -0.2) is 31.4 Å². The number of carbonyl (C=O) groups is 1. The highest BCUT2D eigenvalue weighted by Crippen LogP contribution is 2.42. The second-order valence-electron chi connectivity index (χ2n) is 8.80. The molecule has 0 spiro atoms. The molecule has 2 aromatic carbocycles. The van der Waals surface area contributed by atoms with E-state index in [9.17, 15) is 4.79 Å². The third-order valence-corrected chi connectivity index (χ3v) is 7.43. The average Bonchev–Trinajstić information content (AvgIpc) is 2.78. The average molecular weight is 503 g/mol. The second kappa shape index (κ2) is 9.84. The molecule has 0 unspecified atom stereocenters. The van der Waals surface area contributed by atoms with Crippen LogP contribution in [0.3, 0.4) is 0 Å². The summed E-state index contributed by atoms with van der Waals surface area (Å²) in [4.78, 5) is 11.9. The van der Waals surface area contributed by atoms with Crippen molar-refractivity contribution in [1.82, 2.24) is 0 Å². The molecule has 2 aliphatic rings. The molecule has 0 saturated carbocycles. The van der Waals surface area contributed by atoms with Gasteiger partial charge in [0.2, 0.25) is 0 Å². The summed E-state index contributed by atoms with van der Waals surface area (Å²) >= 11 is 3.71. The van der Waals surface area contributed by atoms with Crippen molar-refractivity contribution in [1.29, 1.82) is 0 Å². The third kappa shape index (κ3) is 4.81. The van der Waals surface area contributed by atoms with Gasteiger partial charge in [-0.05, 0) is 53.6 Å². The van der Waals surface area contributed by atoms with Gasteiger partial charge in [-0.3, -0.25) is 4.79 Å². The third-order valence-electron chi connectivity index (χ3n) is 6.66. The molecule has 1 fully saturated rings. The number of carbonyl (C=O) groups excluding carboxylic acids is 1. The smallest absolute Gasteiger partial charge is 0.303 e. The lowest BCUT2D eigenvalue weighted by atomic mass is 9.78. The van der Waals surface area contributed by atoms with Crippen molar-refractivity contribution in [3.05, 3.63) is 57.6 Å². The first-order valence-electron chi connectivity index (χ1n) is 11.4. The van der Waals surface area contributed by atoms with Crippen LogP contribution in [0.25, 0.3) is 0 Å². The van der Waals surface area contributed by atoms with Crippen LogP contribution in [0.1, 0.15) is 56.9 Å². The predicted octanol–water partition coefficient (Wildman–Crippen LogP) is 5.86. The van der Waals surface area contributed by atoms with Gasteiger partial charge in [-0.1, -0.05) is 54.9 Å². The van der Waals surface area contributed by atoms with E-state index in [0.29, 0.717) is 19.1 Å². The second-order valence-corrected chi connectivity index (χ2v) is 9.66. The summed E-state index contributed by atoms with van der Waals surface area (Å²) in [5.41, 5.74) is 3.31. The van der Waals surface area contributed by atoms with Crippen molar-refractivity contribution >= 4 is 21.9 Å². The van der Waals surface area contributed by atoms with Gasteiger partial charge in [0.1, 0.15) is 25.4 Å². The molecule has 0 N–H and O–H groups in total. The number of benzene rings is 2. The van der Waals surface area contributed by atoms with Crippen molar-refractivity contribution in [2.75, 3.05) is 13.2 Å². The summed E-state index contributed by atoms with van der Waals surface area (Å²) < 4.78 is 24.7. The molecule has 2 heterocycles. The Hall–Kier alpha value is -2.05. The number of esters is 1. The van der Waals surface area contributed by atoms with Gasteiger partial charge >= 0.3 is 5.97 Å². The zero-order valence-electron chi connectivity index (χ0n) is 19.1. The van der Waals surface area contributed by atoms with Crippen LogP contribution >= 0.6 is 15.9 Å². The Morgan fingerprint density at radius 2 is 1.81 bits per heavy atom. The van der Waals surface area contributed by atoms with Gasteiger partial charge in [0.15, 0.2) is 11.5 Å². The first-order valence-corrected chi connectivity index (χ1v) is 12.2. The van der Waals surface area contributed by atoms with Crippen molar-refractivity contribution in [2.24, 2.45) is 11.8 Å². The minimum atomic E-state index is -0.311. The molecule has 1 saturated heterocycles. The minimum Gasteiger partial charge on any atom is -0.486 e. The van der Waals surface area contributed by atoms with Crippen LogP contribution in [0.5, 0.6) is 11.5 Å². The number of ether oxygens (including phenoxy) is 4. The van der Waals surface area contributed by atoms with E-state index >= 15 is 0 Å². The summed E-state index contributed by atoms with van der Waals surface area (Å²) in [5, 5.41) is 0. The highest BCUT2D eigenvalue weighted by molar-refractivity contribution is 9.10. The highest BCUT2D eigenvalue weighted by atomic mass is 79.9. The molecule has 32 heavy (non-hydrogen) atoms. The molecule has 6 heteroatoms. The number of fused-ring (bicyclic) bond motifs is 1. The van der Waals surface area contributed by atoms with Crippen molar-refractivity contribution < 1.29 is 23.7 Å². The summed E-state index contributed by atoms with van der Waals surface area (Å²) in [6, 6.07) is 12.4. The Bertz CT molecular complexity index is 975. The minimum absolute atomic E-state index is 0.131. The molecule has 2 aliphatic heterocycles. The van der Waals surface area contributed by atoms with E-state index in [1.807, 2.05) is 12.1 Å². The fourth-order valence-corrected chi connectivity index (χ4v) is 5.11. The van der Waals surface area contributed by atoms with Gasteiger partial charge in [-0.2, -0.15) is 0 Å². The van der Waals surface area contributed by atoms with Crippen LogP contribution in [0, 0.1) is 11.8 Å². The zero-order valence-corrected chi connectivity index (χ0v) is 20.7. The quantitative estimate of drug-likeness (QED) is 0.478. The fraction of sp³-hybridized carbons (Fsp3) is 0.500. The maximum atomic E-state index is 11.9. The molecule has 5 atom stereocenters. The maximum absolute atomic E-state index is 11.9. The molecule has 0 amide bonds. The van der Waals surface area contributed by atoms with Crippen LogP contribution in [0.2, 0.25) is 0 Å². The van der Waals surface area contributed by atoms with E-state index in [2.05, 4.69) is 61.0 Å². The SMILES string of the molecule is CC[C@H]1O[C@@H](c2ccc(Br)c(Cc3ccc4c(c3)OCCO4)c2)[C@H](OC(C)=O)[C@@H](C)[C@@H]1C. The molecule has 172 valence electrons. The van der Waals surface area contributed by atoms with E-state index in [0.717, 1.165) is 45.5 Å². The Balaban J connectivity index is 1.63. The highest BCUT2D eigenvalue weighted by Gasteiger charge is 2.43. The molecule has 0 aromatic heterocycles. The van der Waals surface area contributed by atoms with E-state index in [4.69, 9.17) is 18.9 Å². The lowest BCUT2D eigenvalue weighted by Gasteiger charge is -2.44. The first kappa shape index (κ1) is 23.1. The number of hydrogen-bond acceptors (Lipinski definition) is 5. The standard InChI is InChI=1S/C26H31BrO5/c1-5-22-15(2)16(3)25(31-17(4)28)26(32-22)19-7-8-21(27)20(14-19)12-18-6-9-23-24(13-18)30-11-10-29-23/h6-9,13-16,22,25-26H,5,10-12H2,1-4H3/t15-,16-,22+,25+,26-/m0/s1. The number of halogens is 1. The molecular formula is C26H31BrO5. The normalized spacial score (nSPS) is 27.1. The van der Waals surface area contributed by atoms with Gasteiger partial charge in [0.05, 0.1) is 6.10 Å². The van der Waals surface area contributed by atoms with E-state index < -0.39 is 0 Å². The summed E-state index contributed by atoms with van der Waals surface area (Å²) in [7, 11) is 0. The largest absolute Gasteiger partial charge is 0.486 e. The van der Waals surface area contributed by atoms with Gasteiger partial charge in [-0.25, -0.2) is 0 Å². The topological polar surface area (TPSA) is 54.0 Å². The Labute approximate surface area is 198 Å². The van der Waals surface area contributed by atoms with Crippen molar-refractivity contribution in [3.8, 4) is 11.5 Å². The van der Waals surface area contributed by atoms with Gasteiger partial charge in [0.25, 0.3) is 0 Å². The van der Waals surface area contributed by atoms with Gasteiger partial charge in [-0.15, -0.1) is 0 Å². The van der Waals surface area contributed by atoms with Crippen LogP contribution in [0.4, 0.5) is 0 Å². The lowest BCUT2D eigenvalue weighted by Crippen LogP contribution is -2.46. The summed E-state index contributed by atoms with van der Waals surface area (Å²) in [6.45, 7) is 9.11. The van der Waals surface area contributed by atoms with Gasteiger partial charge < -0.3 is 18.9 Å². The fourth-order valence-electron chi connectivity index (χ4n) is 4.72. The van der Waals surface area contributed by atoms with Gasteiger partial charge in [0, 0.05) is 17.3 Å². The van der Waals surface area contributed by atoms with Crippen molar-refractivity contribution in [2.45, 2.75) is 58.8 Å². The zero-order chi connectivity index (χ0) is 22.8. The molecule has 4 rings (SSSR count). The van der Waals surface area contributed by atoms with Crippen molar-refractivity contribution in [3.63, 3.8) is 0 Å². The monoisotopic (exact) mass is 502 g/mol. The van der Waals surface area contributed by atoms with E-state index in [1.54, 1.807) is 0 Å². The summed E-state index contributed by atoms with van der Waals surface area (Å²) in [5.74, 6) is 1.83. The van der Waals surface area contributed by atoms with E-state index in [-0.39, 0.29) is 30.2 Å². The summed E-state index contributed by atoms with van der Waals surface area (Å²) in [6.07, 6.45) is 1.19. The first-order chi connectivity index (χ1) is 15.4. The number of hydrogen-bond donors (Lipinski definition) is 0. The molecule has 5 nitrogen and oxygen atoms in total. The molecular weight excluding hydrogens is 472 g/mol. The van der Waals surface area contributed by atoms with Crippen LogP contribution in [-0.2, 0) is 20.7 Å². The molecule has 2 aromatic rings. The Morgan fingerprint density at radius 3 is 2.53 bits per heavy atom. The lowest BCUT2D eigenvalue weighted by molar-refractivity contribution is -0.196. The maximum Gasteiger partial charge on any atom is 0.303 e. The Morgan fingerprint density at radius 1 is 1.06 bits per heavy atom. The molecule has 0 radical (unpaired) electrons. The van der Waals surface area contributed by atoms with Crippen LogP contribution in [0.15, 0.2) is 40.9 Å². The number of rotatable bonds is 5.